The van der Waals surface area contributed by atoms with E-state index in [1.54, 1.807) is 24.3 Å². The molecule has 0 fully saturated rings. The van der Waals surface area contributed by atoms with Crippen LogP contribution in [0, 0.1) is 10.1 Å². The largest absolute Gasteiger partial charge is 0.422 e. The first-order valence-corrected chi connectivity index (χ1v) is 6.59. The van der Waals surface area contributed by atoms with E-state index in [0.29, 0.717) is 16.9 Å². The smallest absolute Gasteiger partial charge is 0.343 e. The molecule has 0 atom stereocenters. The first-order chi connectivity index (χ1) is 10.6. The normalized spacial score (nSPS) is 15.5. The third-order valence-corrected chi connectivity index (χ3v) is 3.21. The molecule has 0 saturated heterocycles. The summed E-state index contributed by atoms with van der Waals surface area (Å²) in [5.41, 5.74) is 1.94. The zero-order chi connectivity index (χ0) is 15.5. The van der Waals surface area contributed by atoms with Gasteiger partial charge in [0.1, 0.15) is 5.76 Å². The Labute approximate surface area is 126 Å². The van der Waals surface area contributed by atoms with Crippen LogP contribution >= 0.6 is 0 Å². The molecular weight excluding hydrogens is 282 g/mol. The second kappa shape index (κ2) is 5.65. The molecule has 0 bridgehead atoms. The van der Waals surface area contributed by atoms with Gasteiger partial charge in [-0.15, -0.1) is 0 Å². The van der Waals surface area contributed by atoms with E-state index in [4.69, 9.17) is 4.74 Å². The van der Waals surface area contributed by atoms with Gasteiger partial charge in [-0.1, -0.05) is 30.3 Å². The van der Waals surface area contributed by atoms with Crippen LogP contribution in [0.5, 0.6) is 0 Å². The van der Waals surface area contributed by atoms with E-state index < -0.39 is 10.9 Å². The highest BCUT2D eigenvalue weighted by Crippen LogP contribution is 2.27. The number of nitro groups is 1. The maximum Gasteiger partial charge on any atom is 0.343 e. The van der Waals surface area contributed by atoms with Gasteiger partial charge < -0.3 is 4.74 Å². The summed E-state index contributed by atoms with van der Waals surface area (Å²) in [5.74, 6) is 0.0657. The number of esters is 1. The lowest BCUT2D eigenvalue weighted by atomic mass is 10.1. The monoisotopic (exact) mass is 293 g/mol. The van der Waals surface area contributed by atoms with Crippen molar-refractivity contribution in [1.82, 2.24) is 0 Å². The SMILES string of the molecule is O=C1OC(c2ccccc2)=C/C1=C\c1ccc([N+](=O)[O-])cc1. The van der Waals surface area contributed by atoms with Crippen LogP contribution in [0.1, 0.15) is 11.1 Å². The van der Waals surface area contributed by atoms with Gasteiger partial charge in [0.15, 0.2) is 0 Å². The molecule has 0 radical (unpaired) electrons. The lowest BCUT2D eigenvalue weighted by Crippen LogP contribution is -1.97. The van der Waals surface area contributed by atoms with E-state index in [1.807, 2.05) is 30.3 Å². The van der Waals surface area contributed by atoms with Crippen LogP contribution in [0.3, 0.4) is 0 Å². The number of carbonyl (C=O) groups excluding carboxylic acids is 1. The molecule has 0 saturated carbocycles. The van der Waals surface area contributed by atoms with E-state index in [9.17, 15) is 14.9 Å². The fourth-order valence-corrected chi connectivity index (χ4v) is 2.11. The highest BCUT2D eigenvalue weighted by molar-refractivity contribution is 6.05. The Morgan fingerprint density at radius 3 is 2.32 bits per heavy atom. The van der Waals surface area contributed by atoms with E-state index in [1.165, 1.54) is 12.1 Å². The maximum absolute atomic E-state index is 11.9. The molecule has 5 heteroatoms. The second-order valence-corrected chi connectivity index (χ2v) is 4.71. The van der Waals surface area contributed by atoms with Gasteiger partial charge in [0.25, 0.3) is 5.69 Å². The minimum absolute atomic E-state index is 0.0108. The van der Waals surface area contributed by atoms with E-state index in [2.05, 4.69) is 0 Å². The fraction of sp³-hybridized carbons (Fsp3) is 0. The van der Waals surface area contributed by atoms with E-state index >= 15 is 0 Å². The zero-order valence-corrected chi connectivity index (χ0v) is 11.4. The van der Waals surface area contributed by atoms with Gasteiger partial charge in [0, 0.05) is 17.7 Å². The van der Waals surface area contributed by atoms with Crippen LogP contribution in [-0.4, -0.2) is 10.9 Å². The fourth-order valence-electron chi connectivity index (χ4n) is 2.11. The van der Waals surface area contributed by atoms with Crippen LogP contribution in [0.15, 0.2) is 66.2 Å². The standard InChI is InChI=1S/C17H11NO4/c19-17-14(10-12-6-8-15(9-7-12)18(20)21)11-16(22-17)13-4-2-1-3-5-13/h1-11H/b14-10+. The quantitative estimate of drug-likeness (QED) is 0.375. The number of nitrogens with zero attached hydrogens (tertiary/aromatic N) is 1. The van der Waals surface area contributed by atoms with Gasteiger partial charge in [-0.3, -0.25) is 10.1 Å². The maximum atomic E-state index is 11.9. The molecule has 5 nitrogen and oxygen atoms in total. The van der Waals surface area contributed by atoms with Crippen LogP contribution < -0.4 is 0 Å². The molecule has 0 unspecified atom stereocenters. The number of cyclic esters (lactones) is 1. The number of benzene rings is 2. The van der Waals surface area contributed by atoms with Crippen molar-refractivity contribution in [1.29, 1.82) is 0 Å². The van der Waals surface area contributed by atoms with E-state index in [-0.39, 0.29) is 5.69 Å². The molecule has 108 valence electrons. The summed E-state index contributed by atoms with van der Waals surface area (Å²) in [6, 6.07) is 15.3. The average Bonchev–Trinajstić information content (AvgIpc) is 2.90. The molecule has 1 heterocycles. The van der Waals surface area contributed by atoms with Crippen molar-refractivity contribution in [2.75, 3.05) is 0 Å². The molecule has 2 aromatic carbocycles. The predicted molar refractivity (Wildman–Crippen MR) is 81.6 cm³/mol. The zero-order valence-electron chi connectivity index (χ0n) is 11.4. The predicted octanol–water partition coefficient (Wildman–Crippen LogP) is 3.58. The van der Waals surface area contributed by atoms with Gasteiger partial charge in [-0.2, -0.15) is 0 Å². The highest BCUT2D eigenvalue weighted by Gasteiger charge is 2.21. The van der Waals surface area contributed by atoms with Crippen LogP contribution in [-0.2, 0) is 9.53 Å². The molecule has 0 aromatic heterocycles. The number of non-ortho nitro benzene ring substituents is 1. The third kappa shape index (κ3) is 2.78. The van der Waals surface area contributed by atoms with Gasteiger partial charge >= 0.3 is 5.97 Å². The minimum atomic E-state index is -0.464. The summed E-state index contributed by atoms with van der Waals surface area (Å²) in [4.78, 5) is 22.0. The molecule has 0 amide bonds. The van der Waals surface area contributed by atoms with Crippen molar-refractivity contribution < 1.29 is 14.5 Å². The van der Waals surface area contributed by atoms with Crippen LogP contribution in [0.2, 0.25) is 0 Å². The number of hydrogen-bond acceptors (Lipinski definition) is 4. The first-order valence-electron chi connectivity index (χ1n) is 6.59. The Balaban J connectivity index is 1.89. The summed E-state index contributed by atoms with van der Waals surface area (Å²) in [6.45, 7) is 0. The topological polar surface area (TPSA) is 69.4 Å². The van der Waals surface area contributed by atoms with Gasteiger partial charge in [-0.25, -0.2) is 4.79 Å². The van der Waals surface area contributed by atoms with E-state index in [0.717, 1.165) is 5.56 Å². The number of rotatable bonds is 3. The molecular formula is C17H11NO4. The molecule has 0 spiro atoms. The molecule has 1 aliphatic rings. The lowest BCUT2D eigenvalue weighted by molar-refractivity contribution is -0.384. The highest BCUT2D eigenvalue weighted by atomic mass is 16.6. The number of carbonyl (C=O) groups is 1. The van der Waals surface area contributed by atoms with Crippen molar-refractivity contribution >= 4 is 23.5 Å². The van der Waals surface area contributed by atoms with Crippen molar-refractivity contribution in [3.63, 3.8) is 0 Å². The molecule has 3 rings (SSSR count). The Bertz CT molecular complexity index is 789. The Morgan fingerprint density at radius 2 is 1.68 bits per heavy atom. The second-order valence-electron chi connectivity index (χ2n) is 4.71. The lowest BCUT2D eigenvalue weighted by Gasteiger charge is -2.00. The summed E-state index contributed by atoms with van der Waals surface area (Å²) in [6.07, 6.45) is 3.31. The first kappa shape index (κ1) is 13.8. The Hall–Kier alpha value is -3.21. The molecule has 22 heavy (non-hydrogen) atoms. The van der Waals surface area contributed by atoms with Crippen molar-refractivity contribution in [2.24, 2.45) is 0 Å². The van der Waals surface area contributed by atoms with Gasteiger partial charge in [0.05, 0.1) is 10.5 Å². The van der Waals surface area contributed by atoms with Gasteiger partial charge in [0.2, 0.25) is 0 Å². The van der Waals surface area contributed by atoms with Crippen molar-refractivity contribution in [3.05, 3.63) is 87.5 Å². The molecule has 2 aromatic rings. The van der Waals surface area contributed by atoms with Crippen molar-refractivity contribution in [3.8, 4) is 0 Å². The number of hydrogen-bond donors (Lipinski definition) is 0. The Kier molecular flexibility index (Phi) is 3.53. The summed E-state index contributed by atoms with van der Waals surface area (Å²) in [5, 5.41) is 10.6. The average molecular weight is 293 g/mol. The summed E-state index contributed by atoms with van der Waals surface area (Å²) < 4.78 is 5.24. The third-order valence-electron chi connectivity index (χ3n) is 3.21. The van der Waals surface area contributed by atoms with Crippen LogP contribution in [0.25, 0.3) is 11.8 Å². The number of ether oxygens (including phenoxy) is 1. The van der Waals surface area contributed by atoms with Gasteiger partial charge in [-0.05, 0) is 29.8 Å². The summed E-state index contributed by atoms with van der Waals surface area (Å²) >= 11 is 0. The van der Waals surface area contributed by atoms with Crippen LogP contribution in [0.4, 0.5) is 5.69 Å². The minimum Gasteiger partial charge on any atom is -0.422 e. The Morgan fingerprint density at radius 1 is 1.00 bits per heavy atom. The summed E-state index contributed by atoms with van der Waals surface area (Å²) in [7, 11) is 0. The molecule has 0 N–H and O–H groups in total. The number of nitro benzene ring substituents is 1. The molecule has 1 aliphatic heterocycles. The van der Waals surface area contributed by atoms with Crippen molar-refractivity contribution in [2.45, 2.75) is 0 Å². The molecule has 0 aliphatic carbocycles.